The Morgan fingerprint density at radius 2 is 1.92 bits per heavy atom. The van der Waals surface area contributed by atoms with E-state index in [4.69, 9.17) is 5.73 Å². The fraction of sp³-hybridized carbons (Fsp3) is 0.500. The third kappa shape index (κ3) is 3.80. The number of carbonyl (C=O) groups excluding carboxylic acids is 2. The number of benzene rings is 1. The maximum Gasteiger partial charge on any atom is 0.408 e. The van der Waals surface area contributed by atoms with Gasteiger partial charge in [0.25, 0.3) is 5.91 Å². The number of primary amides is 1. The molecule has 1 aliphatic rings. The molecule has 1 aromatic carbocycles. The quantitative estimate of drug-likeness (QED) is 0.913. The normalized spacial score (nSPS) is 21.5. The zero-order valence-corrected chi connectivity index (χ0v) is 13.5. The molecule has 0 saturated carbocycles. The van der Waals surface area contributed by atoms with Crippen LogP contribution in [-0.2, 0) is 4.79 Å². The fourth-order valence-electron chi connectivity index (χ4n) is 2.85. The van der Waals surface area contributed by atoms with Gasteiger partial charge in [0.15, 0.2) is 0 Å². The van der Waals surface area contributed by atoms with Crippen molar-refractivity contribution < 1.29 is 22.8 Å². The summed E-state index contributed by atoms with van der Waals surface area (Å²) >= 11 is 0. The molecule has 2 rings (SSSR count). The molecule has 0 aromatic heterocycles. The number of nitrogens with zero attached hydrogens (tertiary/aromatic N) is 2. The number of rotatable bonds is 3. The average molecular weight is 343 g/mol. The monoisotopic (exact) mass is 343 g/mol. The summed E-state index contributed by atoms with van der Waals surface area (Å²) in [6.45, 7) is -0.315. The summed E-state index contributed by atoms with van der Waals surface area (Å²) in [6.07, 6.45) is -4.84. The number of nitrogens with two attached hydrogens (primary N) is 1. The number of amides is 2. The zero-order valence-electron chi connectivity index (χ0n) is 13.5. The molecule has 24 heavy (non-hydrogen) atoms. The Labute approximate surface area is 138 Å². The Bertz CT molecular complexity index is 631. The van der Waals surface area contributed by atoms with Gasteiger partial charge in [-0.25, -0.2) is 0 Å². The second kappa shape index (κ2) is 6.70. The highest BCUT2D eigenvalue weighted by atomic mass is 19.4. The number of alkyl halides is 3. The van der Waals surface area contributed by atoms with Gasteiger partial charge in [0.05, 0.1) is 5.92 Å². The highest BCUT2D eigenvalue weighted by molar-refractivity contribution is 5.96. The number of halogens is 3. The third-order valence-electron chi connectivity index (χ3n) is 4.23. The lowest BCUT2D eigenvalue weighted by Gasteiger charge is -2.39. The summed E-state index contributed by atoms with van der Waals surface area (Å²) in [7, 11) is 3.54. The Hall–Kier alpha value is -2.25. The molecule has 0 radical (unpaired) electrons. The van der Waals surface area contributed by atoms with Crippen LogP contribution in [0.15, 0.2) is 24.3 Å². The summed E-state index contributed by atoms with van der Waals surface area (Å²) in [6, 6.07) is 4.46. The van der Waals surface area contributed by atoms with Crippen LogP contribution in [0.4, 0.5) is 18.9 Å². The molecular formula is C16H20F3N3O2. The van der Waals surface area contributed by atoms with Crippen molar-refractivity contribution in [1.82, 2.24) is 4.90 Å². The molecule has 5 nitrogen and oxygen atoms in total. The summed E-state index contributed by atoms with van der Waals surface area (Å²) in [5, 5.41) is 0. The second-order valence-electron chi connectivity index (χ2n) is 6.14. The second-order valence-corrected chi connectivity index (χ2v) is 6.14. The van der Waals surface area contributed by atoms with Crippen LogP contribution >= 0.6 is 0 Å². The largest absolute Gasteiger partial charge is 0.408 e. The van der Waals surface area contributed by atoms with Crippen molar-refractivity contribution >= 4 is 17.5 Å². The van der Waals surface area contributed by atoms with Crippen LogP contribution in [0.25, 0.3) is 0 Å². The van der Waals surface area contributed by atoms with Gasteiger partial charge in [-0.3, -0.25) is 9.59 Å². The van der Waals surface area contributed by atoms with Gasteiger partial charge in [0.1, 0.15) is 6.04 Å². The fourth-order valence-corrected chi connectivity index (χ4v) is 2.85. The van der Waals surface area contributed by atoms with Crippen molar-refractivity contribution in [3.05, 3.63) is 29.8 Å². The summed E-state index contributed by atoms with van der Waals surface area (Å²) in [5.74, 6) is -2.19. The van der Waals surface area contributed by atoms with Crippen molar-refractivity contribution in [3.8, 4) is 0 Å². The number of carbonyl (C=O) groups is 2. The van der Waals surface area contributed by atoms with Gasteiger partial charge in [-0.15, -0.1) is 0 Å². The maximum atomic E-state index is 13.3. The van der Waals surface area contributed by atoms with E-state index in [1.807, 2.05) is 0 Å². The van der Waals surface area contributed by atoms with E-state index >= 15 is 0 Å². The van der Waals surface area contributed by atoms with Crippen LogP contribution in [0.1, 0.15) is 23.2 Å². The lowest BCUT2D eigenvalue weighted by Crippen LogP contribution is -2.55. The summed E-state index contributed by atoms with van der Waals surface area (Å²) in [4.78, 5) is 26.5. The number of hydrogen-bond acceptors (Lipinski definition) is 3. The molecule has 1 aliphatic heterocycles. The molecule has 1 aromatic rings. The van der Waals surface area contributed by atoms with Crippen LogP contribution in [0.3, 0.4) is 0 Å². The molecule has 2 amide bonds. The van der Waals surface area contributed by atoms with Crippen molar-refractivity contribution in [2.45, 2.75) is 25.1 Å². The lowest BCUT2D eigenvalue weighted by molar-refractivity contribution is -0.187. The molecule has 1 fully saturated rings. The number of anilines is 1. The number of likely N-dealkylation sites (tertiary alicyclic amines) is 1. The molecular weight excluding hydrogens is 323 g/mol. The Morgan fingerprint density at radius 1 is 1.25 bits per heavy atom. The van der Waals surface area contributed by atoms with E-state index in [9.17, 15) is 22.8 Å². The van der Waals surface area contributed by atoms with Gasteiger partial charge in [0, 0.05) is 31.9 Å². The van der Waals surface area contributed by atoms with Gasteiger partial charge < -0.3 is 15.5 Å². The SMILES string of the molecule is CN(C)c1cccc(C(=O)N2C[C@H](C(N)=O)CC[C@@H]2C(F)(F)F)c1. The van der Waals surface area contributed by atoms with E-state index in [-0.39, 0.29) is 24.9 Å². The van der Waals surface area contributed by atoms with Crippen molar-refractivity contribution in [2.75, 3.05) is 25.5 Å². The first-order valence-corrected chi connectivity index (χ1v) is 7.55. The minimum absolute atomic E-state index is 0.0288. The maximum absolute atomic E-state index is 13.3. The van der Waals surface area contributed by atoms with Crippen molar-refractivity contribution in [2.24, 2.45) is 11.7 Å². The van der Waals surface area contributed by atoms with Gasteiger partial charge in [-0.1, -0.05) is 6.07 Å². The first kappa shape index (κ1) is 18.1. The molecule has 2 atom stereocenters. The zero-order chi connectivity index (χ0) is 18.1. The third-order valence-corrected chi connectivity index (χ3v) is 4.23. The molecule has 0 spiro atoms. The van der Waals surface area contributed by atoms with Crippen LogP contribution in [0, 0.1) is 5.92 Å². The predicted molar refractivity (Wildman–Crippen MR) is 83.6 cm³/mol. The standard InChI is InChI=1S/C16H20F3N3O2/c1-21(2)12-5-3-4-10(8-12)15(24)22-9-11(14(20)23)6-7-13(22)16(17,18)19/h3-5,8,11,13H,6-7,9H2,1-2H3,(H2,20,23)/t11-,13-/m1/s1. The van der Waals surface area contributed by atoms with Gasteiger partial charge in [-0.2, -0.15) is 13.2 Å². The van der Waals surface area contributed by atoms with Crippen LogP contribution in [-0.4, -0.2) is 49.6 Å². The van der Waals surface area contributed by atoms with E-state index < -0.39 is 30.0 Å². The van der Waals surface area contributed by atoms with E-state index in [1.54, 1.807) is 31.1 Å². The van der Waals surface area contributed by atoms with E-state index in [0.717, 1.165) is 4.90 Å². The number of piperidine rings is 1. The first-order chi connectivity index (χ1) is 11.1. The van der Waals surface area contributed by atoms with Gasteiger partial charge >= 0.3 is 6.18 Å². The van der Waals surface area contributed by atoms with E-state index in [0.29, 0.717) is 5.69 Å². The molecule has 0 bridgehead atoms. The Kier molecular flexibility index (Phi) is 5.05. The molecule has 2 N–H and O–H groups in total. The highest BCUT2D eigenvalue weighted by Crippen LogP contribution is 2.34. The predicted octanol–water partition coefficient (Wildman–Crippen LogP) is 2.02. The van der Waals surface area contributed by atoms with Crippen LogP contribution in [0.5, 0.6) is 0 Å². The summed E-state index contributed by atoms with van der Waals surface area (Å²) in [5.41, 5.74) is 6.08. The summed E-state index contributed by atoms with van der Waals surface area (Å²) < 4.78 is 39.9. The number of hydrogen-bond donors (Lipinski definition) is 1. The van der Waals surface area contributed by atoms with E-state index in [2.05, 4.69) is 0 Å². The molecule has 0 unspecified atom stereocenters. The first-order valence-electron chi connectivity index (χ1n) is 7.55. The minimum Gasteiger partial charge on any atom is -0.378 e. The van der Waals surface area contributed by atoms with Crippen molar-refractivity contribution in [1.29, 1.82) is 0 Å². The van der Waals surface area contributed by atoms with Gasteiger partial charge in [0.2, 0.25) is 5.91 Å². The Balaban J connectivity index is 2.34. The molecule has 8 heteroatoms. The van der Waals surface area contributed by atoms with Crippen LogP contribution < -0.4 is 10.6 Å². The van der Waals surface area contributed by atoms with Crippen LogP contribution in [0.2, 0.25) is 0 Å². The van der Waals surface area contributed by atoms with E-state index in [1.165, 1.54) is 12.1 Å². The molecule has 1 saturated heterocycles. The smallest absolute Gasteiger partial charge is 0.378 e. The molecule has 1 heterocycles. The average Bonchev–Trinajstić information content (AvgIpc) is 2.52. The Morgan fingerprint density at radius 3 is 2.46 bits per heavy atom. The molecule has 132 valence electrons. The molecule has 0 aliphatic carbocycles. The highest BCUT2D eigenvalue weighted by Gasteiger charge is 2.48. The lowest BCUT2D eigenvalue weighted by atomic mass is 9.91. The minimum atomic E-state index is -4.54. The van der Waals surface area contributed by atoms with Crippen molar-refractivity contribution in [3.63, 3.8) is 0 Å². The van der Waals surface area contributed by atoms with Gasteiger partial charge in [-0.05, 0) is 31.0 Å². The topological polar surface area (TPSA) is 66.6 Å².